The van der Waals surface area contributed by atoms with Crippen molar-refractivity contribution in [2.24, 2.45) is 0 Å². The number of aryl methyl sites for hydroxylation is 2. The van der Waals surface area contributed by atoms with Crippen LogP contribution in [0.3, 0.4) is 0 Å². The molecule has 0 bridgehead atoms. The Morgan fingerprint density at radius 1 is 1.10 bits per heavy atom. The highest BCUT2D eigenvalue weighted by molar-refractivity contribution is 5.49. The Bertz CT molecular complexity index is 600. The molecule has 0 radical (unpaired) electrons. The number of pyridine rings is 2. The predicted molar refractivity (Wildman–Crippen MR) is 78.2 cm³/mol. The molecule has 2 aromatic heterocycles. The van der Waals surface area contributed by atoms with Gasteiger partial charge in [0, 0.05) is 11.8 Å². The lowest BCUT2D eigenvalue weighted by atomic mass is 10.2. The molecule has 0 aromatic carbocycles. The maximum Gasteiger partial charge on any atom is 0.240 e. The molecule has 5 nitrogen and oxygen atoms in total. The first-order valence-corrected chi connectivity index (χ1v) is 6.67. The van der Waals surface area contributed by atoms with E-state index in [1.54, 1.807) is 12.1 Å². The largest absolute Gasteiger partial charge is 0.476 e. The molecule has 0 amide bonds. The first kappa shape index (κ1) is 14.1. The van der Waals surface area contributed by atoms with Crippen LogP contribution in [0.15, 0.2) is 24.3 Å². The van der Waals surface area contributed by atoms with E-state index < -0.39 is 0 Å². The van der Waals surface area contributed by atoms with E-state index in [9.17, 15) is 0 Å². The van der Waals surface area contributed by atoms with Gasteiger partial charge in [-0.05, 0) is 38.5 Å². The Balaban J connectivity index is 2.28. The number of hydrogen-bond donors (Lipinski definition) is 1. The maximum atomic E-state index is 5.79. The minimum atomic E-state index is 0.392. The van der Waals surface area contributed by atoms with Crippen LogP contribution >= 0.6 is 0 Å². The molecule has 0 saturated carbocycles. The van der Waals surface area contributed by atoms with Crippen LogP contribution in [0.1, 0.15) is 25.2 Å². The number of rotatable bonds is 5. The first-order chi connectivity index (χ1) is 9.63. The molecule has 2 aromatic rings. The normalized spacial score (nSPS) is 10.3. The number of aromatic nitrogens is 2. The summed E-state index contributed by atoms with van der Waals surface area (Å²) in [5.41, 5.74) is 8.16. The molecule has 0 aliphatic rings. The van der Waals surface area contributed by atoms with Crippen molar-refractivity contribution in [3.63, 3.8) is 0 Å². The summed E-state index contributed by atoms with van der Waals surface area (Å²) in [6.45, 7) is 6.38. The van der Waals surface area contributed by atoms with Crippen LogP contribution in [0.2, 0.25) is 0 Å². The summed E-state index contributed by atoms with van der Waals surface area (Å²) < 4.78 is 11.1. The molecule has 0 fully saturated rings. The van der Waals surface area contributed by atoms with Gasteiger partial charge in [0.25, 0.3) is 0 Å². The molecule has 0 unspecified atom stereocenters. The van der Waals surface area contributed by atoms with Gasteiger partial charge in [0.05, 0.1) is 18.0 Å². The predicted octanol–water partition coefficient (Wildman–Crippen LogP) is 3.12. The molecule has 5 heteroatoms. The summed E-state index contributed by atoms with van der Waals surface area (Å²) in [6.07, 6.45) is 0.796. The number of nitrogen functional groups attached to an aromatic ring is 1. The average molecular weight is 273 g/mol. The summed E-state index contributed by atoms with van der Waals surface area (Å²) in [7, 11) is 0. The Morgan fingerprint density at radius 2 is 1.90 bits per heavy atom. The summed E-state index contributed by atoms with van der Waals surface area (Å²) in [6, 6.07) is 7.26. The summed E-state index contributed by atoms with van der Waals surface area (Å²) in [4.78, 5) is 8.71. The molecule has 2 rings (SSSR count). The van der Waals surface area contributed by atoms with Crippen molar-refractivity contribution < 1.29 is 9.47 Å². The minimum Gasteiger partial charge on any atom is -0.476 e. The van der Waals surface area contributed by atoms with Crippen LogP contribution in [0, 0.1) is 6.92 Å². The summed E-state index contributed by atoms with van der Waals surface area (Å²) in [5.74, 6) is 1.55. The Hall–Kier alpha value is -2.30. The van der Waals surface area contributed by atoms with Crippen molar-refractivity contribution in [3.05, 3.63) is 35.7 Å². The molecular formula is C15H19N3O2. The van der Waals surface area contributed by atoms with Gasteiger partial charge in [0.15, 0.2) is 5.75 Å². The lowest BCUT2D eigenvalue weighted by molar-refractivity contribution is 0.322. The average Bonchev–Trinajstić information content (AvgIpc) is 2.44. The molecular weight excluding hydrogens is 254 g/mol. The zero-order valence-corrected chi connectivity index (χ0v) is 12.0. The highest BCUT2D eigenvalue weighted by atomic mass is 16.5. The molecule has 0 aliphatic carbocycles. The smallest absolute Gasteiger partial charge is 0.240 e. The van der Waals surface area contributed by atoms with Gasteiger partial charge in [-0.1, -0.05) is 6.92 Å². The van der Waals surface area contributed by atoms with Crippen LogP contribution < -0.4 is 15.2 Å². The summed E-state index contributed by atoms with van der Waals surface area (Å²) in [5, 5.41) is 0. The van der Waals surface area contributed by atoms with Crippen LogP contribution in [-0.2, 0) is 6.42 Å². The third kappa shape index (κ3) is 3.17. The van der Waals surface area contributed by atoms with E-state index in [0.717, 1.165) is 17.8 Å². The highest BCUT2D eigenvalue weighted by Crippen LogP contribution is 2.27. The second kappa shape index (κ2) is 6.23. The topological polar surface area (TPSA) is 70.3 Å². The molecule has 106 valence electrons. The number of anilines is 1. The number of hydrogen-bond acceptors (Lipinski definition) is 5. The molecule has 0 atom stereocenters. The van der Waals surface area contributed by atoms with Gasteiger partial charge < -0.3 is 15.2 Å². The van der Waals surface area contributed by atoms with E-state index in [-0.39, 0.29) is 0 Å². The number of ether oxygens (including phenoxy) is 2. The number of nitrogens with two attached hydrogens (primary N) is 1. The van der Waals surface area contributed by atoms with Crippen molar-refractivity contribution in [2.75, 3.05) is 12.3 Å². The van der Waals surface area contributed by atoms with Crippen LogP contribution in [0.4, 0.5) is 5.69 Å². The fraction of sp³-hybridized carbons (Fsp3) is 0.333. The second-order valence-electron chi connectivity index (χ2n) is 4.33. The van der Waals surface area contributed by atoms with E-state index in [2.05, 4.69) is 9.97 Å². The zero-order valence-electron chi connectivity index (χ0n) is 12.0. The van der Waals surface area contributed by atoms with Gasteiger partial charge in [-0.25, -0.2) is 0 Å². The minimum absolute atomic E-state index is 0.392. The van der Waals surface area contributed by atoms with Gasteiger partial charge in [-0.2, -0.15) is 4.98 Å². The van der Waals surface area contributed by atoms with E-state index in [0.29, 0.717) is 29.8 Å². The van der Waals surface area contributed by atoms with E-state index in [4.69, 9.17) is 15.2 Å². The maximum absolute atomic E-state index is 5.79. The Morgan fingerprint density at radius 3 is 2.60 bits per heavy atom. The molecule has 0 spiro atoms. The standard InChI is InChI=1S/C15H19N3O2/c1-4-12-13(8-6-10(3)17-12)20-14-9-7-11(16)15(18-14)19-5-2/h6-9H,4-5,16H2,1-3H3. The summed E-state index contributed by atoms with van der Waals surface area (Å²) >= 11 is 0. The SMILES string of the molecule is CCOc1nc(Oc2ccc(C)nc2CC)ccc1N. The van der Waals surface area contributed by atoms with Crippen molar-refractivity contribution in [1.29, 1.82) is 0 Å². The third-order valence-electron chi connectivity index (χ3n) is 2.77. The van der Waals surface area contributed by atoms with E-state index in [1.165, 1.54) is 0 Å². The van der Waals surface area contributed by atoms with Crippen LogP contribution in [0.5, 0.6) is 17.5 Å². The van der Waals surface area contributed by atoms with Crippen molar-refractivity contribution in [2.45, 2.75) is 27.2 Å². The van der Waals surface area contributed by atoms with Crippen molar-refractivity contribution in [1.82, 2.24) is 9.97 Å². The molecule has 2 N–H and O–H groups in total. The zero-order chi connectivity index (χ0) is 14.5. The fourth-order valence-electron chi connectivity index (χ4n) is 1.80. The highest BCUT2D eigenvalue weighted by Gasteiger charge is 2.09. The molecule has 0 aliphatic heterocycles. The van der Waals surface area contributed by atoms with Gasteiger partial charge in [-0.15, -0.1) is 0 Å². The van der Waals surface area contributed by atoms with Crippen LogP contribution in [-0.4, -0.2) is 16.6 Å². The Labute approximate surface area is 118 Å². The van der Waals surface area contributed by atoms with E-state index in [1.807, 2.05) is 32.9 Å². The lowest BCUT2D eigenvalue weighted by Crippen LogP contribution is -2.01. The quantitative estimate of drug-likeness (QED) is 0.906. The third-order valence-corrected chi connectivity index (χ3v) is 2.77. The lowest BCUT2D eigenvalue weighted by Gasteiger charge is -2.11. The Kier molecular flexibility index (Phi) is 4.40. The van der Waals surface area contributed by atoms with Gasteiger partial charge >= 0.3 is 0 Å². The van der Waals surface area contributed by atoms with Crippen molar-refractivity contribution in [3.8, 4) is 17.5 Å². The second-order valence-corrected chi connectivity index (χ2v) is 4.33. The monoisotopic (exact) mass is 273 g/mol. The molecule has 20 heavy (non-hydrogen) atoms. The van der Waals surface area contributed by atoms with Gasteiger partial charge in [-0.3, -0.25) is 4.98 Å². The fourth-order valence-corrected chi connectivity index (χ4v) is 1.80. The first-order valence-electron chi connectivity index (χ1n) is 6.67. The van der Waals surface area contributed by atoms with Crippen LogP contribution in [0.25, 0.3) is 0 Å². The van der Waals surface area contributed by atoms with E-state index >= 15 is 0 Å². The van der Waals surface area contributed by atoms with Crippen molar-refractivity contribution >= 4 is 5.69 Å². The van der Waals surface area contributed by atoms with Gasteiger partial charge in [0.1, 0.15) is 0 Å². The number of nitrogens with zero attached hydrogens (tertiary/aromatic N) is 2. The molecule has 0 saturated heterocycles. The molecule has 2 heterocycles. The van der Waals surface area contributed by atoms with Gasteiger partial charge in [0.2, 0.25) is 11.8 Å².